The van der Waals surface area contributed by atoms with Crippen LogP contribution in [0.1, 0.15) is 46.5 Å². The summed E-state index contributed by atoms with van der Waals surface area (Å²) in [7, 11) is -3.72. The molecule has 4 aromatic carbocycles. The molecule has 0 aliphatic rings. The molecule has 0 bridgehead atoms. The van der Waals surface area contributed by atoms with Crippen LogP contribution in [0.15, 0.2) is 94.7 Å². The lowest BCUT2D eigenvalue weighted by atomic mass is 10.0. The third kappa shape index (κ3) is 5.93. The highest BCUT2D eigenvalue weighted by Gasteiger charge is 2.22. The summed E-state index contributed by atoms with van der Waals surface area (Å²) in [6.07, 6.45) is 1.68. The molecule has 4 rings (SSSR count). The summed E-state index contributed by atoms with van der Waals surface area (Å²) in [5.41, 5.74) is 5.86. The Morgan fingerprint density at radius 2 is 1.47 bits per heavy atom. The molecule has 0 saturated heterocycles. The molecule has 0 heterocycles. The molecule has 5 nitrogen and oxygen atoms in total. The van der Waals surface area contributed by atoms with Crippen molar-refractivity contribution >= 4 is 38.7 Å². The number of halogens is 1. The van der Waals surface area contributed by atoms with E-state index in [1.165, 1.54) is 6.07 Å². The number of sulfone groups is 1. The largest absolute Gasteiger partial charge is 0.381 e. The highest BCUT2D eigenvalue weighted by Crippen LogP contribution is 2.32. The Balaban J connectivity index is 1.50. The van der Waals surface area contributed by atoms with E-state index in [2.05, 4.69) is 24.5 Å². The van der Waals surface area contributed by atoms with Crippen molar-refractivity contribution in [3.63, 3.8) is 0 Å². The van der Waals surface area contributed by atoms with Gasteiger partial charge in [0, 0.05) is 28.5 Å². The maximum Gasteiger partial charge on any atom is 0.255 e. The lowest BCUT2D eigenvalue weighted by Gasteiger charge is -2.16. The number of nitrogens with one attached hydrogen (secondary N) is 2. The smallest absolute Gasteiger partial charge is 0.255 e. The monoisotopic (exact) mass is 546 g/mol. The van der Waals surface area contributed by atoms with Crippen LogP contribution in [-0.4, -0.2) is 14.3 Å². The van der Waals surface area contributed by atoms with E-state index in [-0.39, 0.29) is 15.7 Å². The molecule has 196 valence electrons. The van der Waals surface area contributed by atoms with Crippen LogP contribution in [0.5, 0.6) is 0 Å². The lowest BCUT2D eigenvalue weighted by molar-refractivity contribution is 0.102. The molecule has 0 aromatic heterocycles. The summed E-state index contributed by atoms with van der Waals surface area (Å²) < 4.78 is 26.4. The number of anilines is 2. The second kappa shape index (κ2) is 11.8. The zero-order chi connectivity index (χ0) is 27.3. The minimum atomic E-state index is -3.72. The molecule has 0 unspecified atom stereocenters. The Morgan fingerprint density at radius 3 is 2.08 bits per heavy atom. The molecular formula is C31H31ClN2O3S. The zero-order valence-electron chi connectivity index (χ0n) is 21.7. The molecule has 0 aliphatic carbocycles. The fourth-order valence-corrected chi connectivity index (χ4v) is 6.25. The van der Waals surface area contributed by atoms with E-state index in [4.69, 9.17) is 11.6 Å². The Bertz CT molecular complexity index is 1530. The van der Waals surface area contributed by atoms with Crippen LogP contribution in [0.2, 0.25) is 5.02 Å². The van der Waals surface area contributed by atoms with Crippen LogP contribution >= 0.6 is 11.6 Å². The Kier molecular flexibility index (Phi) is 8.55. The van der Waals surface area contributed by atoms with Gasteiger partial charge in [-0.15, -0.1) is 0 Å². The van der Waals surface area contributed by atoms with Crippen LogP contribution < -0.4 is 10.6 Å². The van der Waals surface area contributed by atoms with E-state index in [9.17, 15) is 13.2 Å². The Hall–Kier alpha value is -3.61. The SMILES string of the molecule is CCc1cccc(CC)c1NC(=O)c1ccc(CNc2cc(Cl)cc(S(=O)(=O)c3ccccc3)c2C)cc1. The maximum absolute atomic E-state index is 13.2. The van der Waals surface area contributed by atoms with Gasteiger partial charge in [0.25, 0.3) is 5.91 Å². The number of para-hydroxylation sites is 1. The molecule has 0 saturated carbocycles. The van der Waals surface area contributed by atoms with Crippen molar-refractivity contribution in [2.75, 3.05) is 10.6 Å². The number of carbonyl (C=O) groups excluding carboxylic acids is 1. The quantitative estimate of drug-likeness (QED) is 0.228. The summed E-state index contributed by atoms with van der Waals surface area (Å²) in [4.78, 5) is 13.4. The fraction of sp³-hybridized carbons (Fsp3) is 0.194. The second-order valence-electron chi connectivity index (χ2n) is 9.06. The van der Waals surface area contributed by atoms with Gasteiger partial charge in [0.05, 0.1) is 9.79 Å². The fourth-order valence-electron chi connectivity index (χ4n) is 4.40. The summed E-state index contributed by atoms with van der Waals surface area (Å²) >= 11 is 6.31. The molecule has 0 spiro atoms. The van der Waals surface area contributed by atoms with Crippen LogP contribution in [0.4, 0.5) is 11.4 Å². The molecule has 1 amide bonds. The van der Waals surface area contributed by atoms with E-state index < -0.39 is 9.84 Å². The van der Waals surface area contributed by atoms with E-state index in [0.717, 1.165) is 35.2 Å². The molecular weight excluding hydrogens is 516 g/mol. The predicted octanol–water partition coefficient (Wildman–Crippen LogP) is 7.47. The van der Waals surface area contributed by atoms with Gasteiger partial charge in [0.1, 0.15) is 0 Å². The topological polar surface area (TPSA) is 75.3 Å². The van der Waals surface area contributed by atoms with E-state index in [0.29, 0.717) is 28.4 Å². The standard InChI is InChI=1S/C31H31ClN2O3S/c1-4-23-10-9-11-24(5-2)30(23)34-31(35)25-16-14-22(15-17-25)20-33-28-18-26(32)19-29(21(28)3)38(36,37)27-12-7-6-8-13-27/h6-19,33H,4-5,20H2,1-3H3,(H,34,35). The number of benzene rings is 4. The van der Waals surface area contributed by atoms with Gasteiger partial charge >= 0.3 is 0 Å². The van der Waals surface area contributed by atoms with Crippen LogP contribution in [0.3, 0.4) is 0 Å². The number of hydrogen-bond donors (Lipinski definition) is 2. The molecule has 7 heteroatoms. The number of carbonyl (C=O) groups is 1. The number of hydrogen-bond acceptors (Lipinski definition) is 4. The van der Waals surface area contributed by atoms with Crippen molar-refractivity contribution in [3.05, 3.63) is 118 Å². The molecule has 4 aromatic rings. The van der Waals surface area contributed by atoms with Crippen LogP contribution in [0, 0.1) is 6.92 Å². The van der Waals surface area contributed by atoms with Crippen molar-refractivity contribution in [2.45, 2.75) is 49.9 Å². The van der Waals surface area contributed by atoms with Crippen molar-refractivity contribution in [1.82, 2.24) is 0 Å². The van der Waals surface area contributed by atoms with Gasteiger partial charge in [-0.05, 0) is 78.4 Å². The summed E-state index contributed by atoms with van der Waals surface area (Å²) in [6, 6.07) is 25.0. The minimum absolute atomic E-state index is 0.151. The van der Waals surface area contributed by atoms with Gasteiger partial charge < -0.3 is 10.6 Å². The molecule has 38 heavy (non-hydrogen) atoms. The minimum Gasteiger partial charge on any atom is -0.381 e. The average Bonchev–Trinajstić information content (AvgIpc) is 2.94. The summed E-state index contributed by atoms with van der Waals surface area (Å²) in [5.74, 6) is -0.151. The van der Waals surface area contributed by atoms with Crippen molar-refractivity contribution in [1.29, 1.82) is 0 Å². The van der Waals surface area contributed by atoms with Gasteiger partial charge in [-0.1, -0.05) is 74.0 Å². The summed E-state index contributed by atoms with van der Waals surface area (Å²) in [5, 5.41) is 6.73. The molecule has 0 radical (unpaired) electrons. The first-order valence-electron chi connectivity index (χ1n) is 12.6. The molecule has 0 atom stereocenters. The first-order valence-corrected chi connectivity index (χ1v) is 14.5. The van der Waals surface area contributed by atoms with Gasteiger partial charge in [-0.3, -0.25) is 4.79 Å². The maximum atomic E-state index is 13.2. The lowest BCUT2D eigenvalue weighted by Crippen LogP contribution is -2.15. The Labute approximate surface area is 229 Å². The van der Waals surface area contributed by atoms with Gasteiger partial charge in [-0.2, -0.15) is 0 Å². The normalized spacial score (nSPS) is 11.3. The number of rotatable bonds is 9. The summed E-state index contributed by atoms with van der Waals surface area (Å²) in [6.45, 7) is 6.36. The molecule has 0 fully saturated rings. The number of amides is 1. The van der Waals surface area contributed by atoms with Crippen molar-refractivity contribution in [2.24, 2.45) is 0 Å². The van der Waals surface area contributed by atoms with Gasteiger partial charge in [-0.25, -0.2) is 8.42 Å². The third-order valence-electron chi connectivity index (χ3n) is 6.60. The average molecular weight is 547 g/mol. The highest BCUT2D eigenvalue weighted by atomic mass is 35.5. The van der Waals surface area contributed by atoms with Crippen LogP contribution in [0.25, 0.3) is 0 Å². The molecule has 0 aliphatic heterocycles. The van der Waals surface area contributed by atoms with E-state index >= 15 is 0 Å². The second-order valence-corrected chi connectivity index (χ2v) is 11.4. The number of aryl methyl sites for hydroxylation is 2. The predicted molar refractivity (Wildman–Crippen MR) is 155 cm³/mol. The zero-order valence-corrected chi connectivity index (χ0v) is 23.3. The Morgan fingerprint density at radius 1 is 0.842 bits per heavy atom. The third-order valence-corrected chi connectivity index (χ3v) is 8.72. The van der Waals surface area contributed by atoms with Crippen molar-refractivity contribution in [3.8, 4) is 0 Å². The van der Waals surface area contributed by atoms with Crippen molar-refractivity contribution < 1.29 is 13.2 Å². The van der Waals surface area contributed by atoms with E-state index in [1.54, 1.807) is 55.5 Å². The first kappa shape index (κ1) is 27.4. The molecule has 2 N–H and O–H groups in total. The van der Waals surface area contributed by atoms with Gasteiger partial charge in [0.15, 0.2) is 0 Å². The van der Waals surface area contributed by atoms with Gasteiger partial charge in [0.2, 0.25) is 9.84 Å². The first-order chi connectivity index (χ1) is 18.2. The van der Waals surface area contributed by atoms with E-state index in [1.807, 2.05) is 30.3 Å². The van der Waals surface area contributed by atoms with Crippen LogP contribution in [-0.2, 0) is 29.2 Å². The highest BCUT2D eigenvalue weighted by molar-refractivity contribution is 7.91.